The summed E-state index contributed by atoms with van der Waals surface area (Å²) in [5, 5.41) is 9.31. The molecule has 0 amide bonds. The molecule has 0 saturated carbocycles. The molecule has 0 aliphatic rings. The highest BCUT2D eigenvalue weighted by Crippen LogP contribution is 2.24. The summed E-state index contributed by atoms with van der Waals surface area (Å²) in [6.07, 6.45) is 0. The molecule has 0 atom stereocenters. The SMILES string of the molecule is Cc1ccc(C(=O)Oc2ccc(-c3ccc(O)cc3)cc2)cc1. The van der Waals surface area contributed by atoms with E-state index in [0.717, 1.165) is 16.7 Å². The number of phenolic OH excluding ortho intramolecular Hbond substituents is 1. The Morgan fingerprint density at radius 2 is 1.30 bits per heavy atom. The van der Waals surface area contributed by atoms with Crippen molar-refractivity contribution >= 4 is 5.97 Å². The van der Waals surface area contributed by atoms with Crippen molar-refractivity contribution in [2.75, 3.05) is 0 Å². The van der Waals surface area contributed by atoms with Gasteiger partial charge in [0, 0.05) is 0 Å². The third kappa shape index (κ3) is 3.58. The molecule has 3 aromatic rings. The fourth-order valence-electron chi connectivity index (χ4n) is 2.22. The van der Waals surface area contributed by atoms with Gasteiger partial charge in [-0.1, -0.05) is 42.0 Å². The highest BCUT2D eigenvalue weighted by Gasteiger charge is 2.08. The zero-order valence-corrected chi connectivity index (χ0v) is 12.7. The fourth-order valence-corrected chi connectivity index (χ4v) is 2.22. The van der Waals surface area contributed by atoms with Crippen molar-refractivity contribution in [1.82, 2.24) is 0 Å². The molecule has 3 heteroatoms. The number of aryl methyl sites for hydroxylation is 1. The molecule has 0 aromatic heterocycles. The lowest BCUT2D eigenvalue weighted by Crippen LogP contribution is -2.08. The van der Waals surface area contributed by atoms with Gasteiger partial charge in [-0.05, 0) is 54.4 Å². The van der Waals surface area contributed by atoms with Crippen LogP contribution in [0.5, 0.6) is 11.5 Å². The molecular weight excluding hydrogens is 288 g/mol. The minimum Gasteiger partial charge on any atom is -0.508 e. The second kappa shape index (κ2) is 6.36. The number of esters is 1. The number of hydrogen-bond acceptors (Lipinski definition) is 3. The lowest BCUT2D eigenvalue weighted by molar-refractivity contribution is 0.0735. The van der Waals surface area contributed by atoms with Gasteiger partial charge in [-0.3, -0.25) is 0 Å². The van der Waals surface area contributed by atoms with E-state index < -0.39 is 0 Å². The van der Waals surface area contributed by atoms with Crippen LogP contribution in [0.3, 0.4) is 0 Å². The first-order valence-electron chi connectivity index (χ1n) is 7.30. The van der Waals surface area contributed by atoms with Crippen molar-refractivity contribution in [2.45, 2.75) is 6.92 Å². The van der Waals surface area contributed by atoms with Crippen LogP contribution in [0, 0.1) is 6.92 Å². The average Bonchev–Trinajstić information content (AvgIpc) is 2.57. The Morgan fingerprint density at radius 1 is 0.783 bits per heavy atom. The van der Waals surface area contributed by atoms with Crippen LogP contribution < -0.4 is 4.74 Å². The van der Waals surface area contributed by atoms with Crippen LogP contribution in [0.2, 0.25) is 0 Å². The normalized spacial score (nSPS) is 10.3. The zero-order valence-electron chi connectivity index (χ0n) is 12.7. The number of rotatable bonds is 3. The molecule has 0 heterocycles. The summed E-state index contributed by atoms with van der Waals surface area (Å²) in [5.41, 5.74) is 3.59. The number of phenols is 1. The molecule has 3 rings (SSSR count). The molecule has 3 aromatic carbocycles. The summed E-state index contributed by atoms with van der Waals surface area (Å²) in [5.74, 6) is 0.359. The average molecular weight is 304 g/mol. The molecule has 0 fully saturated rings. The van der Waals surface area contributed by atoms with Crippen molar-refractivity contribution in [1.29, 1.82) is 0 Å². The number of carbonyl (C=O) groups excluding carboxylic acids is 1. The Hall–Kier alpha value is -3.07. The summed E-state index contributed by atoms with van der Waals surface area (Å²) in [6, 6.07) is 21.5. The topological polar surface area (TPSA) is 46.5 Å². The van der Waals surface area contributed by atoms with E-state index in [-0.39, 0.29) is 11.7 Å². The maximum Gasteiger partial charge on any atom is 0.343 e. The van der Waals surface area contributed by atoms with Crippen LogP contribution in [0.4, 0.5) is 0 Å². The Balaban J connectivity index is 1.73. The van der Waals surface area contributed by atoms with Crippen molar-refractivity contribution < 1.29 is 14.6 Å². The van der Waals surface area contributed by atoms with Gasteiger partial charge in [0.1, 0.15) is 11.5 Å². The van der Waals surface area contributed by atoms with Gasteiger partial charge in [0.2, 0.25) is 0 Å². The molecule has 0 saturated heterocycles. The number of benzene rings is 3. The van der Waals surface area contributed by atoms with Crippen molar-refractivity contribution in [3.63, 3.8) is 0 Å². The summed E-state index contributed by atoms with van der Waals surface area (Å²) < 4.78 is 5.37. The molecule has 0 radical (unpaired) electrons. The molecule has 114 valence electrons. The van der Waals surface area contributed by atoms with E-state index in [4.69, 9.17) is 4.74 Å². The quantitative estimate of drug-likeness (QED) is 0.569. The van der Waals surface area contributed by atoms with Crippen molar-refractivity contribution in [2.24, 2.45) is 0 Å². The molecule has 0 aliphatic carbocycles. The molecule has 0 unspecified atom stereocenters. The number of carbonyl (C=O) groups is 1. The number of ether oxygens (including phenoxy) is 1. The van der Waals surface area contributed by atoms with Crippen molar-refractivity contribution in [3.05, 3.63) is 83.9 Å². The summed E-state index contributed by atoms with van der Waals surface area (Å²) in [6.45, 7) is 1.97. The Kier molecular flexibility index (Phi) is 4.11. The van der Waals surface area contributed by atoms with Crippen LogP contribution in [0.25, 0.3) is 11.1 Å². The Morgan fingerprint density at radius 3 is 1.87 bits per heavy atom. The van der Waals surface area contributed by atoms with E-state index >= 15 is 0 Å². The van der Waals surface area contributed by atoms with Gasteiger partial charge in [-0.25, -0.2) is 4.79 Å². The molecule has 23 heavy (non-hydrogen) atoms. The van der Waals surface area contributed by atoms with Gasteiger partial charge in [0.25, 0.3) is 0 Å². The molecular formula is C20H16O3. The highest BCUT2D eigenvalue weighted by molar-refractivity contribution is 5.91. The van der Waals surface area contributed by atoms with Crippen molar-refractivity contribution in [3.8, 4) is 22.6 Å². The summed E-state index contributed by atoms with van der Waals surface area (Å²) >= 11 is 0. The van der Waals surface area contributed by atoms with Crippen LogP contribution in [0.15, 0.2) is 72.8 Å². The lowest BCUT2D eigenvalue weighted by Gasteiger charge is -2.06. The first kappa shape index (κ1) is 14.9. The second-order valence-electron chi connectivity index (χ2n) is 5.33. The largest absolute Gasteiger partial charge is 0.508 e. The van der Waals surface area contributed by atoms with E-state index in [1.807, 2.05) is 43.3 Å². The van der Waals surface area contributed by atoms with Gasteiger partial charge in [0.05, 0.1) is 5.56 Å². The van der Waals surface area contributed by atoms with Gasteiger partial charge in [0.15, 0.2) is 0 Å². The zero-order chi connectivity index (χ0) is 16.2. The summed E-state index contributed by atoms with van der Waals surface area (Å²) in [7, 11) is 0. The number of hydrogen-bond donors (Lipinski definition) is 1. The highest BCUT2D eigenvalue weighted by atomic mass is 16.5. The maximum absolute atomic E-state index is 12.1. The molecule has 0 spiro atoms. The van der Waals surface area contributed by atoms with Gasteiger partial charge < -0.3 is 9.84 Å². The minimum atomic E-state index is -0.373. The molecule has 1 N–H and O–H groups in total. The number of aromatic hydroxyl groups is 1. The molecule has 0 aliphatic heterocycles. The standard InChI is InChI=1S/C20H16O3/c1-14-2-4-17(5-3-14)20(22)23-19-12-8-16(9-13-19)15-6-10-18(21)11-7-15/h2-13,21H,1H3. The van der Waals surface area contributed by atoms with Crippen LogP contribution in [-0.4, -0.2) is 11.1 Å². The summed E-state index contributed by atoms with van der Waals surface area (Å²) in [4.78, 5) is 12.1. The molecule has 3 nitrogen and oxygen atoms in total. The van der Waals surface area contributed by atoms with E-state index in [2.05, 4.69) is 0 Å². The fraction of sp³-hybridized carbons (Fsp3) is 0.0500. The maximum atomic E-state index is 12.1. The first-order chi connectivity index (χ1) is 11.1. The second-order valence-corrected chi connectivity index (χ2v) is 5.33. The first-order valence-corrected chi connectivity index (χ1v) is 7.30. The lowest BCUT2D eigenvalue weighted by atomic mass is 10.1. The van der Waals surface area contributed by atoms with Gasteiger partial charge in [-0.15, -0.1) is 0 Å². The Bertz CT molecular complexity index is 801. The predicted octanol–water partition coefficient (Wildman–Crippen LogP) is 4.59. The Labute approximate surface area is 134 Å². The third-order valence-electron chi connectivity index (χ3n) is 3.55. The van der Waals surface area contributed by atoms with Gasteiger partial charge in [-0.2, -0.15) is 0 Å². The van der Waals surface area contributed by atoms with E-state index in [9.17, 15) is 9.90 Å². The van der Waals surface area contributed by atoms with Gasteiger partial charge >= 0.3 is 5.97 Å². The molecule has 0 bridgehead atoms. The van der Waals surface area contributed by atoms with Crippen LogP contribution in [0.1, 0.15) is 15.9 Å². The third-order valence-corrected chi connectivity index (χ3v) is 3.55. The predicted molar refractivity (Wildman–Crippen MR) is 89.7 cm³/mol. The monoisotopic (exact) mass is 304 g/mol. The smallest absolute Gasteiger partial charge is 0.343 e. The van der Waals surface area contributed by atoms with E-state index in [0.29, 0.717) is 11.3 Å². The van der Waals surface area contributed by atoms with E-state index in [1.54, 1.807) is 36.4 Å². The van der Waals surface area contributed by atoms with E-state index in [1.165, 1.54) is 0 Å². The van der Waals surface area contributed by atoms with Crippen LogP contribution in [-0.2, 0) is 0 Å². The minimum absolute atomic E-state index is 0.234. The van der Waals surface area contributed by atoms with Crippen LogP contribution >= 0.6 is 0 Å².